The standard InChI is InChI=1S/C13H19FN2OS/c1-10(15)6-7-18-9-13(17)16-8-11-4-2-3-5-12(11)14/h2-5,10H,6-9,15H2,1H3,(H,16,17). The number of halogens is 1. The van der Waals surface area contributed by atoms with E-state index in [1.807, 2.05) is 6.92 Å². The van der Waals surface area contributed by atoms with Crippen molar-refractivity contribution >= 4 is 17.7 Å². The second kappa shape index (κ2) is 8.11. The van der Waals surface area contributed by atoms with Crippen LogP contribution < -0.4 is 11.1 Å². The molecule has 100 valence electrons. The first-order chi connectivity index (χ1) is 8.59. The average molecular weight is 270 g/mol. The van der Waals surface area contributed by atoms with Gasteiger partial charge in [-0.2, -0.15) is 11.8 Å². The van der Waals surface area contributed by atoms with Crippen molar-refractivity contribution < 1.29 is 9.18 Å². The number of thioether (sulfide) groups is 1. The molecule has 0 aliphatic heterocycles. The molecule has 1 rings (SSSR count). The van der Waals surface area contributed by atoms with Crippen molar-refractivity contribution in [3.8, 4) is 0 Å². The lowest BCUT2D eigenvalue weighted by Gasteiger charge is -2.07. The van der Waals surface area contributed by atoms with Crippen molar-refractivity contribution in [1.82, 2.24) is 5.32 Å². The maximum absolute atomic E-state index is 13.3. The Kier molecular flexibility index (Phi) is 6.75. The van der Waals surface area contributed by atoms with Gasteiger partial charge in [-0.05, 0) is 25.2 Å². The predicted octanol–water partition coefficient (Wildman–Crippen LogP) is 1.91. The maximum Gasteiger partial charge on any atom is 0.230 e. The van der Waals surface area contributed by atoms with Crippen LogP contribution in [0.3, 0.4) is 0 Å². The van der Waals surface area contributed by atoms with Gasteiger partial charge in [0.2, 0.25) is 5.91 Å². The largest absolute Gasteiger partial charge is 0.351 e. The summed E-state index contributed by atoms with van der Waals surface area (Å²) in [6.07, 6.45) is 0.894. The number of rotatable bonds is 7. The first-order valence-electron chi connectivity index (χ1n) is 5.93. The first kappa shape index (κ1) is 15.0. The molecule has 1 unspecified atom stereocenters. The van der Waals surface area contributed by atoms with Crippen LogP contribution in [-0.2, 0) is 11.3 Å². The van der Waals surface area contributed by atoms with Crippen LogP contribution in [-0.4, -0.2) is 23.5 Å². The zero-order valence-electron chi connectivity index (χ0n) is 10.5. The normalized spacial score (nSPS) is 12.2. The molecule has 1 aromatic carbocycles. The Morgan fingerprint density at radius 3 is 2.89 bits per heavy atom. The molecule has 0 saturated heterocycles. The summed E-state index contributed by atoms with van der Waals surface area (Å²) in [4.78, 5) is 11.5. The third-order valence-corrected chi connectivity index (χ3v) is 3.38. The molecule has 1 aromatic rings. The van der Waals surface area contributed by atoms with Gasteiger partial charge in [-0.3, -0.25) is 4.79 Å². The monoisotopic (exact) mass is 270 g/mol. The lowest BCUT2D eigenvalue weighted by molar-refractivity contribution is -0.118. The van der Waals surface area contributed by atoms with Gasteiger partial charge in [0.15, 0.2) is 0 Å². The number of nitrogens with two attached hydrogens (primary N) is 1. The van der Waals surface area contributed by atoms with Crippen molar-refractivity contribution in [2.45, 2.75) is 25.9 Å². The molecule has 3 N–H and O–H groups in total. The molecule has 5 heteroatoms. The second-order valence-electron chi connectivity index (χ2n) is 4.19. The van der Waals surface area contributed by atoms with Crippen LogP contribution in [0.4, 0.5) is 4.39 Å². The van der Waals surface area contributed by atoms with Crippen LogP contribution in [0.25, 0.3) is 0 Å². The molecule has 0 aliphatic carbocycles. The van der Waals surface area contributed by atoms with E-state index in [9.17, 15) is 9.18 Å². The summed E-state index contributed by atoms with van der Waals surface area (Å²) in [7, 11) is 0. The minimum Gasteiger partial charge on any atom is -0.351 e. The summed E-state index contributed by atoms with van der Waals surface area (Å²) in [5, 5.41) is 2.70. The Balaban J connectivity index is 2.19. The highest BCUT2D eigenvalue weighted by Gasteiger charge is 2.04. The van der Waals surface area contributed by atoms with E-state index in [0.717, 1.165) is 12.2 Å². The topological polar surface area (TPSA) is 55.1 Å². The predicted molar refractivity (Wildman–Crippen MR) is 73.8 cm³/mol. The third kappa shape index (κ3) is 6.02. The number of nitrogens with one attached hydrogen (secondary N) is 1. The Morgan fingerprint density at radius 2 is 2.22 bits per heavy atom. The van der Waals surface area contributed by atoms with Crippen LogP contribution in [0.5, 0.6) is 0 Å². The molecule has 0 bridgehead atoms. The van der Waals surface area contributed by atoms with Crippen molar-refractivity contribution in [3.05, 3.63) is 35.6 Å². The zero-order chi connectivity index (χ0) is 13.4. The Bertz CT molecular complexity index is 385. The van der Waals surface area contributed by atoms with Crippen LogP contribution in [0.15, 0.2) is 24.3 Å². The Labute approximate surface area is 111 Å². The highest BCUT2D eigenvalue weighted by Crippen LogP contribution is 2.06. The van der Waals surface area contributed by atoms with Gasteiger partial charge in [-0.1, -0.05) is 18.2 Å². The maximum atomic E-state index is 13.3. The van der Waals surface area contributed by atoms with E-state index in [0.29, 0.717) is 11.3 Å². The van der Waals surface area contributed by atoms with E-state index in [4.69, 9.17) is 5.73 Å². The SMILES string of the molecule is CC(N)CCSCC(=O)NCc1ccccc1F. The van der Waals surface area contributed by atoms with E-state index in [-0.39, 0.29) is 24.3 Å². The fourth-order valence-electron chi connectivity index (χ4n) is 1.32. The molecule has 0 fully saturated rings. The quantitative estimate of drug-likeness (QED) is 0.744. The van der Waals surface area contributed by atoms with E-state index in [2.05, 4.69) is 5.32 Å². The van der Waals surface area contributed by atoms with Gasteiger partial charge in [0, 0.05) is 18.2 Å². The molecule has 0 spiro atoms. The van der Waals surface area contributed by atoms with Gasteiger partial charge in [0.05, 0.1) is 5.75 Å². The summed E-state index contributed by atoms with van der Waals surface area (Å²) in [5.41, 5.74) is 6.11. The summed E-state index contributed by atoms with van der Waals surface area (Å²) >= 11 is 1.54. The molecule has 0 aliphatic rings. The number of amides is 1. The first-order valence-corrected chi connectivity index (χ1v) is 7.08. The van der Waals surface area contributed by atoms with Gasteiger partial charge in [0.1, 0.15) is 5.82 Å². The summed E-state index contributed by atoms with van der Waals surface area (Å²) in [6, 6.07) is 6.60. The van der Waals surface area contributed by atoms with Crippen molar-refractivity contribution in [2.24, 2.45) is 5.73 Å². The molecule has 18 heavy (non-hydrogen) atoms. The minimum atomic E-state index is -0.289. The van der Waals surface area contributed by atoms with E-state index >= 15 is 0 Å². The minimum absolute atomic E-state index is 0.0760. The number of carbonyl (C=O) groups is 1. The van der Waals surface area contributed by atoms with Crippen LogP contribution in [0.1, 0.15) is 18.9 Å². The molecular weight excluding hydrogens is 251 g/mol. The molecule has 0 aromatic heterocycles. The number of carbonyl (C=O) groups excluding carboxylic acids is 1. The summed E-state index contributed by atoms with van der Waals surface area (Å²) in [6.45, 7) is 2.18. The molecule has 0 radical (unpaired) electrons. The third-order valence-electron chi connectivity index (χ3n) is 2.38. The number of benzene rings is 1. The molecule has 0 saturated carbocycles. The van der Waals surface area contributed by atoms with Crippen LogP contribution >= 0.6 is 11.8 Å². The number of hydrogen-bond donors (Lipinski definition) is 2. The summed E-state index contributed by atoms with van der Waals surface area (Å²) in [5.74, 6) is 0.890. The fourth-order valence-corrected chi connectivity index (χ4v) is 2.29. The zero-order valence-corrected chi connectivity index (χ0v) is 11.3. The Morgan fingerprint density at radius 1 is 1.50 bits per heavy atom. The molecule has 1 atom stereocenters. The highest BCUT2D eigenvalue weighted by molar-refractivity contribution is 7.99. The highest BCUT2D eigenvalue weighted by atomic mass is 32.2. The molecule has 1 amide bonds. The van der Waals surface area contributed by atoms with E-state index in [1.54, 1.807) is 30.0 Å². The molecule has 0 heterocycles. The summed E-state index contributed by atoms with van der Waals surface area (Å²) < 4.78 is 13.3. The van der Waals surface area contributed by atoms with Gasteiger partial charge in [-0.15, -0.1) is 0 Å². The smallest absolute Gasteiger partial charge is 0.230 e. The number of hydrogen-bond acceptors (Lipinski definition) is 3. The lowest BCUT2D eigenvalue weighted by Crippen LogP contribution is -2.25. The van der Waals surface area contributed by atoms with Crippen molar-refractivity contribution in [1.29, 1.82) is 0 Å². The fraction of sp³-hybridized carbons (Fsp3) is 0.462. The molecular formula is C13H19FN2OS. The van der Waals surface area contributed by atoms with Crippen LogP contribution in [0.2, 0.25) is 0 Å². The average Bonchev–Trinajstić information content (AvgIpc) is 2.33. The van der Waals surface area contributed by atoms with Gasteiger partial charge < -0.3 is 11.1 Å². The van der Waals surface area contributed by atoms with Crippen LogP contribution in [0, 0.1) is 5.82 Å². The lowest BCUT2D eigenvalue weighted by atomic mass is 10.2. The molecule has 3 nitrogen and oxygen atoms in total. The van der Waals surface area contributed by atoms with Crippen molar-refractivity contribution in [3.63, 3.8) is 0 Å². The van der Waals surface area contributed by atoms with Gasteiger partial charge >= 0.3 is 0 Å². The van der Waals surface area contributed by atoms with Gasteiger partial charge in [-0.25, -0.2) is 4.39 Å². The van der Waals surface area contributed by atoms with E-state index < -0.39 is 0 Å². The second-order valence-corrected chi connectivity index (χ2v) is 5.29. The van der Waals surface area contributed by atoms with Crippen molar-refractivity contribution in [2.75, 3.05) is 11.5 Å². The van der Waals surface area contributed by atoms with E-state index in [1.165, 1.54) is 6.07 Å². The van der Waals surface area contributed by atoms with Gasteiger partial charge in [0.25, 0.3) is 0 Å². The Hall–Kier alpha value is -1.07.